The van der Waals surface area contributed by atoms with Gasteiger partial charge in [0, 0.05) is 5.39 Å². The molecule has 132 valence electrons. The predicted molar refractivity (Wildman–Crippen MR) is 103 cm³/mol. The van der Waals surface area contributed by atoms with Crippen molar-refractivity contribution in [1.29, 1.82) is 0 Å². The van der Waals surface area contributed by atoms with Crippen LogP contribution in [-0.4, -0.2) is 28.7 Å². The van der Waals surface area contributed by atoms with E-state index in [1.165, 1.54) is 4.57 Å². The van der Waals surface area contributed by atoms with Crippen LogP contribution in [0.2, 0.25) is 0 Å². The molecule has 26 heavy (non-hydrogen) atoms. The number of aromatic nitrogens is 3. The normalized spacial score (nSPS) is 12.1. The molecule has 2 aromatic carbocycles. The molecule has 0 amide bonds. The van der Waals surface area contributed by atoms with Crippen LogP contribution in [0.25, 0.3) is 26.8 Å². The minimum absolute atomic E-state index is 0.0605. The van der Waals surface area contributed by atoms with Gasteiger partial charge in [-0.25, -0.2) is 18.4 Å². The van der Waals surface area contributed by atoms with E-state index in [0.717, 1.165) is 22.1 Å². The van der Waals surface area contributed by atoms with Gasteiger partial charge in [0.25, 0.3) is 5.56 Å². The van der Waals surface area contributed by atoms with Crippen molar-refractivity contribution in [2.24, 2.45) is 0 Å². The molecule has 2 heterocycles. The van der Waals surface area contributed by atoms with Crippen LogP contribution in [0, 0.1) is 6.92 Å². The van der Waals surface area contributed by atoms with Crippen LogP contribution in [0.15, 0.2) is 51.6 Å². The Morgan fingerprint density at radius 1 is 1.08 bits per heavy atom. The summed E-state index contributed by atoms with van der Waals surface area (Å²) in [6, 6.07) is 13.5. The van der Waals surface area contributed by atoms with E-state index in [2.05, 4.69) is 9.97 Å². The maximum Gasteiger partial charge on any atom is 0.277 e. The summed E-state index contributed by atoms with van der Waals surface area (Å²) in [5.41, 5.74) is 0.591. The SMILES string of the molecule is CCS(=O)(=O)c1nc2nc(C)n(-c3cccc4ccccc34)c(=O)c2s1. The van der Waals surface area contributed by atoms with Crippen molar-refractivity contribution in [3.05, 3.63) is 58.6 Å². The highest BCUT2D eigenvalue weighted by atomic mass is 32.2. The molecule has 0 spiro atoms. The molecule has 0 fully saturated rings. The Kier molecular flexibility index (Phi) is 3.89. The lowest BCUT2D eigenvalue weighted by Gasteiger charge is -2.11. The fourth-order valence-electron chi connectivity index (χ4n) is 2.90. The molecule has 6 nitrogen and oxygen atoms in total. The van der Waals surface area contributed by atoms with Gasteiger partial charge < -0.3 is 0 Å². The molecule has 0 saturated heterocycles. The van der Waals surface area contributed by atoms with Gasteiger partial charge in [-0.15, -0.1) is 0 Å². The zero-order valence-electron chi connectivity index (χ0n) is 14.1. The molecule has 0 unspecified atom stereocenters. The van der Waals surface area contributed by atoms with E-state index in [1.807, 2.05) is 42.5 Å². The van der Waals surface area contributed by atoms with E-state index in [0.29, 0.717) is 11.5 Å². The Bertz CT molecular complexity index is 1320. The van der Waals surface area contributed by atoms with Crippen molar-refractivity contribution in [2.75, 3.05) is 5.75 Å². The van der Waals surface area contributed by atoms with Gasteiger partial charge in [0.05, 0.1) is 11.4 Å². The predicted octanol–water partition coefficient (Wildman–Crippen LogP) is 3.10. The third kappa shape index (κ3) is 2.53. The molecule has 0 radical (unpaired) electrons. The van der Waals surface area contributed by atoms with E-state index in [-0.39, 0.29) is 26.0 Å². The first-order chi connectivity index (χ1) is 12.4. The van der Waals surface area contributed by atoms with Crippen LogP contribution < -0.4 is 5.56 Å². The molecule has 0 bridgehead atoms. The molecule has 8 heteroatoms. The first kappa shape index (κ1) is 16.9. The third-order valence-electron chi connectivity index (χ3n) is 4.23. The second kappa shape index (κ2) is 6.00. The number of benzene rings is 2. The van der Waals surface area contributed by atoms with E-state index in [4.69, 9.17) is 0 Å². The lowest BCUT2D eigenvalue weighted by Crippen LogP contribution is -2.21. The Labute approximate surface area is 153 Å². The van der Waals surface area contributed by atoms with Crippen LogP contribution in [-0.2, 0) is 9.84 Å². The number of nitrogens with zero attached hydrogens (tertiary/aromatic N) is 3. The van der Waals surface area contributed by atoms with Gasteiger partial charge >= 0.3 is 0 Å². The Hall–Kier alpha value is -2.58. The van der Waals surface area contributed by atoms with E-state index in [9.17, 15) is 13.2 Å². The number of aryl methyl sites for hydroxylation is 1. The third-order valence-corrected chi connectivity index (χ3v) is 7.45. The first-order valence-electron chi connectivity index (χ1n) is 8.03. The van der Waals surface area contributed by atoms with Crippen molar-refractivity contribution in [1.82, 2.24) is 14.5 Å². The van der Waals surface area contributed by atoms with E-state index in [1.54, 1.807) is 13.8 Å². The average molecular weight is 385 g/mol. The minimum Gasteiger partial charge on any atom is -0.267 e. The average Bonchev–Trinajstić information content (AvgIpc) is 3.07. The van der Waals surface area contributed by atoms with Crippen molar-refractivity contribution in [3.8, 4) is 5.69 Å². The molecular formula is C18H15N3O3S2. The fraction of sp³-hybridized carbons (Fsp3) is 0.167. The Morgan fingerprint density at radius 2 is 1.81 bits per heavy atom. The van der Waals surface area contributed by atoms with Gasteiger partial charge in [0.2, 0.25) is 14.2 Å². The number of rotatable bonds is 3. The highest BCUT2D eigenvalue weighted by Gasteiger charge is 2.21. The van der Waals surface area contributed by atoms with Gasteiger partial charge in [0.1, 0.15) is 10.5 Å². The molecule has 2 aromatic heterocycles. The minimum atomic E-state index is -3.48. The second-order valence-corrected chi connectivity index (χ2v) is 9.28. The van der Waals surface area contributed by atoms with Crippen LogP contribution in [0.4, 0.5) is 0 Å². The van der Waals surface area contributed by atoms with Crippen molar-refractivity contribution in [3.63, 3.8) is 0 Å². The van der Waals surface area contributed by atoms with Gasteiger partial charge in [0.15, 0.2) is 5.65 Å². The molecule has 0 saturated carbocycles. The molecule has 4 aromatic rings. The Balaban J connectivity index is 2.06. The van der Waals surface area contributed by atoms with Crippen LogP contribution in [0.3, 0.4) is 0 Å². The number of sulfone groups is 1. The maximum absolute atomic E-state index is 13.1. The highest BCUT2D eigenvalue weighted by molar-refractivity contribution is 7.93. The van der Waals surface area contributed by atoms with Crippen molar-refractivity contribution >= 4 is 42.3 Å². The zero-order chi connectivity index (χ0) is 18.5. The van der Waals surface area contributed by atoms with Crippen LogP contribution in [0.1, 0.15) is 12.7 Å². The summed E-state index contributed by atoms with van der Waals surface area (Å²) in [6.45, 7) is 3.27. The number of fused-ring (bicyclic) bond motifs is 2. The smallest absolute Gasteiger partial charge is 0.267 e. The maximum atomic E-state index is 13.1. The molecule has 0 atom stereocenters. The topological polar surface area (TPSA) is 81.9 Å². The Morgan fingerprint density at radius 3 is 2.58 bits per heavy atom. The zero-order valence-corrected chi connectivity index (χ0v) is 15.8. The van der Waals surface area contributed by atoms with Gasteiger partial charge in [-0.3, -0.25) is 9.36 Å². The lowest BCUT2D eigenvalue weighted by molar-refractivity contribution is 0.596. The molecule has 0 aliphatic rings. The summed E-state index contributed by atoms with van der Waals surface area (Å²) < 4.78 is 25.9. The van der Waals surface area contributed by atoms with E-state index < -0.39 is 9.84 Å². The molecule has 0 N–H and O–H groups in total. The first-order valence-corrected chi connectivity index (χ1v) is 10.5. The largest absolute Gasteiger partial charge is 0.277 e. The highest BCUT2D eigenvalue weighted by Crippen LogP contribution is 2.26. The van der Waals surface area contributed by atoms with Crippen LogP contribution >= 0.6 is 11.3 Å². The number of hydrogen-bond donors (Lipinski definition) is 0. The fourth-order valence-corrected chi connectivity index (χ4v) is 5.16. The van der Waals surface area contributed by atoms with Crippen molar-refractivity contribution < 1.29 is 8.42 Å². The summed E-state index contributed by atoms with van der Waals surface area (Å²) in [4.78, 5) is 21.6. The van der Waals surface area contributed by atoms with E-state index >= 15 is 0 Å². The van der Waals surface area contributed by atoms with Gasteiger partial charge in [-0.1, -0.05) is 54.7 Å². The quantitative estimate of drug-likeness (QED) is 0.541. The summed E-state index contributed by atoms with van der Waals surface area (Å²) in [6.07, 6.45) is 0. The van der Waals surface area contributed by atoms with Gasteiger partial charge in [-0.2, -0.15) is 0 Å². The van der Waals surface area contributed by atoms with Crippen LogP contribution in [0.5, 0.6) is 0 Å². The summed E-state index contributed by atoms with van der Waals surface area (Å²) >= 11 is 0.883. The number of hydrogen-bond acceptors (Lipinski definition) is 6. The summed E-state index contributed by atoms with van der Waals surface area (Å²) in [7, 11) is -3.48. The second-order valence-electron chi connectivity index (χ2n) is 5.83. The molecule has 4 rings (SSSR count). The number of thiazole rings is 1. The molecule has 0 aliphatic heterocycles. The van der Waals surface area contributed by atoms with Crippen molar-refractivity contribution in [2.45, 2.75) is 18.2 Å². The van der Waals surface area contributed by atoms with Gasteiger partial charge in [-0.05, 0) is 18.4 Å². The summed E-state index contributed by atoms with van der Waals surface area (Å²) in [5.74, 6) is 0.396. The standard InChI is InChI=1S/C18H15N3O3S2/c1-3-26(23,24)18-20-16-15(25-18)17(22)21(11(2)19-16)14-10-6-8-12-7-4-5-9-13(12)14/h4-10H,3H2,1-2H3. The monoisotopic (exact) mass is 385 g/mol. The lowest BCUT2D eigenvalue weighted by atomic mass is 10.1. The summed E-state index contributed by atoms with van der Waals surface area (Å²) in [5, 5.41) is 1.93. The molecule has 0 aliphatic carbocycles. The molecular weight excluding hydrogens is 370 g/mol.